The minimum absolute atomic E-state index is 0.143. The standard InChI is InChI=1S/C19H22N4O3/c1-19(2,22-10-8-21(3)9-11-22)6-4-14-12-16-15(13-17(14)23(25)26)18(24)5-7-20-16/h5,7,12-13H,8-11H2,1-3H3,(H,20,24). The summed E-state index contributed by atoms with van der Waals surface area (Å²) in [5, 5.41) is 11.7. The van der Waals surface area contributed by atoms with Gasteiger partial charge in [0.25, 0.3) is 5.69 Å². The molecule has 0 aliphatic carbocycles. The zero-order chi connectivity index (χ0) is 18.9. The predicted molar refractivity (Wildman–Crippen MR) is 101 cm³/mol. The van der Waals surface area contributed by atoms with Crippen LogP contribution in [-0.4, -0.2) is 58.5 Å². The Morgan fingerprint density at radius 1 is 1.23 bits per heavy atom. The van der Waals surface area contributed by atoms with E-state index in [0.717, 1.165) is 26.2 Å². The molecule has 1 aromatic heterocycles. The topological polar surface area (TPSA) is 82.5 Å². The first-order chi connectivity index (χ1) is 12.3. The maximum atomic E-state index is 11.9. The van der Waals surface area contributed by atoms with Gasteiger partial charge in [0.15, 0.2) is 5.43 Å². The lowest BCUT2D eigenvalue weighted by Gasteiger charge is -2.40. The van der Waals surface area contributed by atoms with Gasteiger partial charge in [-0.15, -0.1) is 0 Å². The Morgan fingerprint density at radius 3 is 2.58 bits per heavy atom. The lowest BCUT2D eigenvalue weighted by molar-refractivity contribution is -0.385. The van der Waals surface area contributed by atoms with Crippen molar-refractivity contribution >= 4 is 16.6 Å². The van der Waals surface area contributed by atoms with Crippen LogP contribution in [0.1, 0.15) is 19.4 Å². The van der Waals surface area contributed by atoms with Crippen molar-refractivity contribution in [2.45, 2.75) is 19.4 Å². The number of hydrogen-bond donors (Lipinski definition) is 1. The number of aromatic amines is 1. The molecule has 1 aliphatic rings. The largest absolute Gasteiger partial charge is 0.361 e. The van der Waals surface area contributed by atoms with Crippen molar-refractivity contribution in [2.75, 3.05) is 33.2 Å². The van der Waals surface area contributed by atoms with Crippen molar-refractivity contribution in [3.8, 4) is 11.8 Å². The number of rotatable bonds is 2. The molecule has 2 heterocycles. The highest BCUT2D eigenvalue weighted by molar-refractivity contribution is 5.83. The smallest absolute Gasteiger partial charge is 0.285 e. The first-order valence-corrected chi connectivity index (χ1v) is 8.54. The normalized spacial score (nSPS) is 16.3. The number of nitrogens with one attached hydrogen (secondary N) is 1. The van der Waals surface area contributed by atoms with E-state index in [0.29, 0.717) is 16.5 Å². The summed E-state index contributed by atoms with van der Waals surface area (Å²) < 4.78 is 0. The van der Waals surface area contributed by atoms with Gasteiger partial charge in [-0.2, -0.15) is 0 Å². The molecule has 1 fully saturated rings. The number of nitrogens with zero attached hydrogens (tertiary/aromatic N) is 3. The van der Waals surface area contributed by atoms with Gasteiger partial charge in [-0.1, -0.05) is 11.8 Å². The van der Waals surface area contributed by atoms with Crippen LogP contribution in [0, 0.1) is 22.0 Å². The van der Waals surface area contributed by atoms with E-state index >= 15 is 0 Å². The van der Waals surface area contributed by atoms with Crippen molar-refractivity contribution in [3.63, 3.8) is 0 Å². The summed E-state index contributed by atoms with van der Waals surface area (Å²) in [5.74, 6) is 6.18. The Bertz CT molecular complexity index is 960. The number of H-pyrrole nitrogens is 1. The first kappa shape index (κ1) is 18.1. The number of piperazine rings is 1. The number of likely N-dealkylation sites (N-methyl/N-ethyl adjacent to an activating group) is 1. The highest BCUT2D eigenvalue weighted by Crippen LogP contribution is 2.23. The van der Waals surface area contributed by atoms with E-state index in [1.165, 1.54) is 18.3 Å². The molecule has 0 atom stereocenters. The average Bonchev–Trinajstić information content (AvgIpc) is 2.60. The molecule has 1 N–H and O–H groups in total. The van der Waals surface area contributed by atoms with Crippen molar-refractivity contribution in [1.29, 1.82) is 0 Å². The molecule has 0 bridgehead atoms. The summed E-state index contributed by atoms with van der Waals surface area (Å²) in [6, 6.07) is 4.25. The van der Waals surface area contributed by atoms with Gasteiger partial charge >= 0.3 is 0 Å². The highest BCUT2D eigenvalue weighted by atomic mass is 16.6. The average molecular weight is 354 g/mol. The number of hydrogen-bond acceptors (Lipinski definition) is 5. The quantitative estimate of drug-likeness (QED) is 0.505. The molecule has 7 nitrogen and oxygen atoms in total. The summed E-state index contributed by atoms with van der Waals surface area (Å²) >= 11 is 0. The molecule has 2 aromatic rings. The molecule has 3 rings (SSSR count). The highest BCUT2D eigenvalue weighted by Gasteiger charge is 2.27. The second-order valence-electron chi connectivity index (χ2n) is 7.11. The monoisotopic (exact) mass is 354 g/mol. The Morgan fingerprint density at radius 2 is 1.92 bits per heavy atom. The van der Waals surface area contributed by atoms with Gasteiger partial charge in [0.05, 0.1) is 21.4 Å². The molecular formula is C19H22N4O3. The van der Waals surface area contributed by atoms with Crippen LogP contribution < -0.4 is 5.43 Å². The molecule has 7 heteroatoms. The minimum Gasteiger partial charge on any atom is -0.361 e. The number of benzene rings is 1. The van der Waals surface area contributed by atoms with Crippen molar-refractivity contribution in [3.05, 3.63) is 50.3 Å². The molecule has 0 radical (unpaired) electrons. The van der Waals surface area contributed by atoms with Crippen LogP contribution in [-0.2, 0) is 0 Å². The molecule has 0 spiro atoms. The summed E-state index contributed by atoms with van der Waals surface area (Å²) in [6.07, 6.45) is 1.53. The third kappa shape index (κ3) is 3.62. The van der Waals surface area contributed by atoms with Crippen LogP contribution in [0.2, 0.25) is 0 Å². The number of pyridine rings is 1. The van der Waals surface area contributed by atoms with Gasteiger partial charge in [0.2, 0.25) is 0 Å². The molecular weight excluding hydrogens is 332 g/mol. The number of nitro benzene ring substituents is 1. The van der Waals surface area contributed by atoms with E-state index in [2.05, 4.69) is 33.7 Å². The van der Waals surface area contributed by atoms with Gasteiger partial charge in [0, 0.05) is 44.5 Å². The predicted octanol–water partition coefficient (Wildman–Crippen LogP) is 1.81. The lowest BCUT2D eigenvalue weighted by Crippen LogP contribution is -2.53. The third-order valence-electron chi connectivity index (χ3n) is 4.87. The fraction of sp³-hybridized carbons (Fsp3) is 0.421. The van der Waals surface area contributed by atoms with E-state index in [1.54, 1.807) is 6.07 Å². The number of aromatic nitrogens is 1. The Hall–Kier alpha value is -2.69. The third-order valence-corrected chi connectivity index (χ3v) is 4.87. The maximum Gasteiger partial charge on any atom is 0.285 e. The van der Waals surface area contributed by atoms with Crippen LogP contribution in [0.4, 0.5) is 5.69 Å². The molecule has 1 aliphatic heterocycles. The molecule has 0 saturated carbocycles. The molecule has 1 aromatic carbocycles. The fourth-order valence-corrected chi connectivity index (χ4v) is 3.12. The van der Waals surface area contributed by atoms with Crippen molar-refractivity contribution in [2.24, 2.45) is 0 Å². The first-order valence-electron chi connectivity index (χ1n) is 8.54. The maximum absolute atomic E-state index is 11.9. The summed E-state index contributed by atoms with van der Waals surface area (Å²) in [7, 11) is 2.09. The van der Waals surface area contributed by atoms with Gasteiger partial charge in [-0.3, -0.25) is 19.8 Å². The summed E-state index contributed by atoms with van der Waals surface area (Å²) in [6.45, 7) is 7.82. The Kier molecular flexibility index (Phi) is 4.81. The van der Waals surface area contributed by atoms with Crippen molar-refractivity contribution < 1.29 is 4.92 Å². The summed E-state index contributed by atoms with van der Waals surface area (Å²) in [5.41, 5.74) is 0.0696. The number of fused-ring (bicyclic) bond motifs is 1. The second-order valence-corrected chi connectivity index (χ2v) is 7.11. The number of nitro groups is 1. The zero-order valence-electron chi connectivity index (χ0n) is 15.2. The summed E-state index contributed by atoms with van der Waals surface area (Å²) in [4.78, 5) is 30.4. The van der Waals surface area contributed by atoms with E-state index in [9.17, 15) is 14.9 Å². The van der Waals surface area contributed by atoms with E-state index in [1.807, 2.05) is 13.8 Å². The molecule has 0 amide bonds. The lowest BCUT2D eigenvalue weighted by atomic mass is 10.0. The van der Waals surface area contributed by atoms with Crippen LogP contribution in [0.25, 0.3) is 10.9 Å². The van der Waals surface area contributed by atoms with Crippen LogP contribution in [0.15, 0.2) is 29.2 Å². The Balaban J connectivity index is 2.00. The molecule has 136 valence electrons. The minimum atomic E-state index is -0.487. The fourth-order valence-electron chi connectivity index (χ4n) is 3.12. The molecule has 26 heavy (non-hydrogen) atoms. The van der Waals surface area contributed by atoms with Gasteiger partial charge in [0.1, 0.15) is 5.56 Å². The second kappa shape index (κ2) is 6.90. The van der Waals surface area contributed by atoms with Crippen LogP contribution >= 0.6 is 0 Å². The molecule has 1 saturated heterocycles. The molecule has 0 unspecified atom stereocenters. The van der Waals surface area contributed by atoms with E-state index in [4.69, 9.17) is 0 Å². The van der Waals surface area contributed by atoms with E-state index in [-0.39, 0.29) is 11.1 Å². The van der Waals surface area contributed by atoms with Crippen LogP contribution in [0.3, 0.4) is 0 Å². The van der Waals surface area contributed by atoms with Gasteiger partial charge in [-0.25, -0.2) is 0 Å². The zero-order valence-corrected chi connectivity index (χ0v) is 15.2. The van der Waals surface area contributed by atoms with E-state index < -0.39 is 10.5 Å². The van der Waals surface area contributed by atoms with Crippen molar-refractivity contribution in [1.82, 2.24) is 14.8 Å². The van der Waals surface area contributed by atoms with Gasteiger partial charge in [-0.05, 0) is 27.0 Å². The SMILES string of the molecule is CN1CCN(C(C)(C)C#Cc2cc3[nH]ccc(=O)c3cc2[N+](=O)[O-])CC1. The van der Waals surface area contributed by atoms with Crippen LogP contribution in [0.5, 0.6) is 0 Å². The Labute approximate surface area is 151 Å². The van der Waals surface area contributed by atoms with Gasteiger partial charge < -0.3 is 9.88 Å².